The van der Waals surface area contributed by atoms with E-state index in [4.69, 9.17) is 22.1 Å². The van der Waals surface area contributed by atoms with Crippen molar-refractivity contribution in [2.24, 2.45) is 0 Å². The molecule has 1 unspecified atom stereocenters. The van der Waals surface area contributed by atoms with Gasteiger partial charge in [-0.3, -0.25) is 4.79 Å². The van der Waals surface area contributed by atoms with Gasteiger partial charge in [0.25, 0.3) is 0 Å². The molecule has 0 amide bonds. The predicted molar refractivity (Wildman–Crippen MR) is 71.6 cm³/mol. The fraction of sp³-hybridized carbons (Fsp3) is 0.667. The smallest absolute Gasteiger partial charge is 0.189 e. The third kappa shape index (κ3) is 3.42. The van der Waals surface area contributed by atoms with Crippen molar-refractivity contribution in [1.29, 1.82) is 0 Å². The molecule has 0 spiro atoms. The summed E-state index contributed by atoms with van der Waals surface area (Å²) in [6.07, 6.45) is -5.13. The molecule has 0 aromatic heterocycles. The summed E-state index contributed by atoms with van der Waals surface area (Å²) < 4.78 is 45.6. The van der Waals surface area contributed by atoms with Crippen LogP contribution in [0.15, 0.2) is 12.0 Å². The second-order valence-electron chi connectivity index (χ2n) is 4.71. The quantitative estimate of drug-likeness (QED) is 0.575. The van der Waals surface area contributed by atoms with Gasteiger partial charge < -0.3 is 19.8 Å². The Morgan fingerprint density at radius 1 is 1.52 bits per heavy atom. The highest BCUT2D eigenvalue weighted by molar-refractivity contribution is 7.80. The van der Waals surface area contributed by atoms with Gasteiger partial charge in [-0.2, -0.15) is 0 Å². The molecule has 4 atom stereocenters. The van der Waals surface area contributed by atoms with E-state index in [0.717, 1.165) is 11.8 Å². The van der Waals surface area contributed by atoms with Gasteiger partial charge in [0.05, 0.1) is 11.6 Å². The van der Waals surface area contributed by atoms with Crippen LogP contribution < -0.4 is 0 Å². The van der Waals surface area contributed by atoms with Gasteiger partial charge in [0.2, 0.25) is 0 Å². The molecule has 0 bridgehead atoms. The topological polar surface area (TPSA) is 70.0 Å². The maximum Gasteiger partial charge on any atom is 0.189 e. The van der Waals surface area contributed by atoms with E-state index in [-0.39, 0.29) is 4.99 Å². The number of alkyl halides is 2. The van der Waals surface area contributed by atoms with Crippen molar-refractivity contribution in [3.8, 4) is 0 Å². The minimum Gasteiger partial charge on any atom is -0.393 e. The summed E-state index contributed by atoms with van der Waals surface area (Å²) in [6, 6.07) is 0. The van der Waals surface area contributed by atoms with E-state index >= 15 is 0 Å². The minimum atomic E-state index is -2.15. The molecule has 1 aliphatic rings. The standard InChI is InChI=1S/C12H16F3NO4S/c1-6(18)8(14)3-16(7(2)21)11-9(15)10(19)12(4-13,5-17)20-11/h3,9-11,17,19H,4-5H2,1-2H3/b8-3+/t9-,10?,11+,12+/m0/s1. The summed E-state index contributed by atoms with van der Waals surface area (Å²) in [5.41, 5.74) is -2.15. The Morgan fingerprint density at radius 3 is 2.43 bits per heavy atom. The number of halogens is 3. The van der Waals surface area contributed by atoms with E-state index in [1.807, 2.05) is 0 Å². The molecule has 0 aromatic rings. The second kappa shape index (κ2) is 6.82. The molecule has 0 radical (unpaired) electrons. The number of thiocarbonyl (C=S) groups is 1. The Balaban J connectivity index is 3.14. The van der Waals surface area contributed by atoms with Crippen LogP contribution in [0.3, 0.4) is 0 Å². The first-order valence-corrected chi connectivity index (χ1v) is 6.45. The Hall–Kier alpha value is -1.03. The molecule has 5 nitrogen and oxygen atoms in total. The molecular formula is C12H16F3NO4S. The van der Waals surface area contributed by atoms with Crippen molar-refractivity contribution in [2.45, 2.75) is 38.0 Å². The fourth-order valence-corrected chi connectivity index (χ4v) is 2.03. The number of aliphatic hydroxyl groups is 2. The Labute approximate surface area is 125 Å². The van der Waals surface area contributed by atoms with Crippen LogP contribution in [0, 0.1) is 0 Å². The first-order valence-electron chi connectivity index (χ1n) is 6.04. The summed E-state index contributed by atoms with van der Waals surface area (Å²) >= 11 is 4.82. The van der Waals surface area contributed by atoms with Crippen molar-refractivity contribution in [1.82, 2.24) is 4.90 Å². The second-order valence-corrected chi connectivity index (χ2v) is 5.30. The lowest BCUT2D eigenvalue weighted by molar-refractivity contribution is -0.138. The highest BCUT2D eigenvalue weighted by Crippen LogP contribution is 2.35. The van der Waals surface area contributed by atoms with Gasteiger partial charge in [-0.15, -0.1) is 0 Å². The van der Waals surface area contributed by atoms with Crippen molar-refractivity contribution < 1.29 is 32.9 Å². The zero-order chi connectivity index (χ0) is 16.4. The molecule has 2 N–H and O–H groups in total. The molecular weight excluding hydrogens is 311 g/mol. The normalized spacial score (nSPS) is 33.1. The SMILES string of the molecule is CC(=O)/C(F)=C\N(C(C)=S)[C@@H]1O[C@@](CO)(CF)C(O)[C@@H]1F. The van der Waals surface area contributed by atoms with E-state index in [1.54, 1.807) is 0 Å². The minimum absolute atomic E-state index is 0.0566. The van der Waals surface area contributed by atoms with Gasteiger partial charge >= 0.3 is 0 Å². The molecule has 21 heavy (non-hydrogen) atoms. The number of rotatable bonds is 5. The van der Waals surface area contributed by atoms with Crippen molar-refractivity contribution >= 4 is 23.0 Å². The molecule has 0 aromatic carbocycles. The number of Topliss-reactive ketones (excluding diaryl/α,β-unsaturated/α-hetero) is 1. The summed E-state index contributed by atoms with van der Waals surface area (Å²) in [5, 5.41) is 18.8. The number of hydrogen-bond acceptors (Lipinski definition) is 5. The third-order valence-electron chi connectivity index (χ3n) is 3.19. The lowest BCUT2D eigenvalue weighted by Gasteiger charge is -2.29. The first kappa shape index (κ1) is 18.0. The summed E-state index contributed by atoms with van der Waals surface area (Å²) in [4.78, 5) is 11.6. The third-order valence-corrected chi connectivity index (χ3v) is 3.40. The number of ether oxygens (including phenoxy) is 1. The number of hydrogen-bond donors (Lipinski definition) is 2. The highest BCUT2D eigenvalue weighted by atomic mass is 32.1. The molecule has 1 fully saturated rings. The van der Waals surface area contributed by atoms with E-state index in [1.165, 1.54) is 6.92 Å². The molecule has 1 rings (SSSR count). The van der Waals surface area contributed by atoms with E-state index in [2.05, 4.69) is 0 Å². The Bertz CT molecular complexity index is 456. The van der Waals surface area contributed by atoms with E-state index < -0.39 is 49.0 Å². The molecule has 0 aliphatic carbocycles. The molecule has 1 heterocycles. The maximum atomic E-state index is 14.1. The molecule has 1 aliphatic heterocycles. The Kier molecular flexibility index (Phi) is 5.85. The van der Waals surface area contributed by atoms with Crippen LogP contribution in [-0.2, 0) is 9.53 Å². The zero-order valence-corrected chi connectivity index (χ0v) is 12.2. The van der Waals surface area contributed by atoms with Crippen LogP contribution in [0.4, 0.5) is 13.2 Å². The first-order chi connectivity index (χ1) is 9.70. The molecule has 0 saturated carbocycles. The molecule has 120 valence electrons. The largest absolute Gasteiger partial charge is 0.393 e. The molecule has 9 heteroatoms. The van der Waals surface area contributed by atoms with Gasteiger partial charge in [0.1, 0.15) is 12.8 Å². The van der Waals surface area contributed by atoms with Crippen LogP contribution >= 0.6 is 12.2 Å². The van der Waals surface area contributed by atoms with Gasteiger partial charge in [-0.05, 0) is 6.92 Å². The van der Waals surface area contributed by atoms with Crippen LogP contribution in [0.5, 0.6) is 0 Å². The molecule has 1 saturated heterocycles. The number of carbonyl (C=O) groups is 1. The number of allylic oxidation sites excluding steroid dienone is 1. The number of ketones is 1. The lowest BCUT2D eigenvalue weighted by atomic mass is 9.98. The number of aliphatic hydroxyl groups excluding tert-OH is 2. The van der Waals surface area contributed by atoms with Crippen molar-refractivity contribution in [3.63, 3.8) is 0 Å². The summed E-state index contributed by atoms with van der Waals surface area (Å²) in [6.45, 7) is -0.0364. The van der Waals surface area contributed by atoms with Gasteiger partial charge in [0, 0.05) is 13.1 Å². The van der Waals surface area contributed by atoms with Crippen LogP contribution in [0.1, 0.15) is 13.8 Å². The Morgan fingerprint density at radius 2 is 2.10 bits per heavy atom. The van der Waals surface area contributed by atoms with Crippen LogP contribution in [-0.4, -0.2) is 63.3 Å². The van der Waals surface area contributed by atoms with Crippen LogP contribution in [0.25, 0.3) is 0 Å². The highest BCUT2D eigenvalue weighted by Gasteiger charge is 2.57. The van der Waals surface area contributed by atoms with Gasteiger partial charge in [0.15, 0.2) is 29.6 Å². The van der Waals surface area contributed by atoms with E-state index in [9.17, 15) is 23.1 Å². The average molecular weight is 327 g/mol. The maximum absolute atomic E-state index is 14.1. The predicted octanol–water partition coefficient (Wildman–Crippen LogP) is 0.791. The average Bonchev–Trinajstić information content (AvgIpc) is 2.69. The van der Waals surface area contributed by atoms with Gasteiger partial charge in [-0.25, -0.2) is 13.2 Å². The van der Waals surface area contributed by atoms with E-state index in [0.29, 0.717) is 6.20 Å². The van der Waals surface area contributed by atoms with Crippen LogP contribution in [0.2, 0.25) is 0 Å². The summed E-state index contributed by atoms with van der Waals surface area (Å²) in [5.74, 6) is -2.12. The lowest BCUT2D eigenvalue weighted by Crippen LogP contribution is -2.47. The number of nitrogens with zero attached hydrogens (tertiary/aromatic N) is 1. The van der Waals surface area contributed by atoms with Crippen molar-refractivity contribution in [2.75, 3.05) is 13.3 Å². The van der Waals surface area contributed by atoms with Crippen molar-refractivity contribution in [3.05, 3.63) is 12.0 Å². The fourth-order valence-electron chi connectivity index (χ4n) is 1.87. The monoisotopic (exact) mass is 327 g/mol. The summed E-state index contributed by atoms with van der Waals surface area (Å²) in [7, 11) is 0. The van der Waals surface area contributed by atoms with Gasteiger partial charge in [-0.1, -0.05) is 12.2 Å². The number of carbonyl (C=O) groups excluding carboxylic acids is 1. The zero-order valence-electron chi connectivity index (χ0n) is 11.4.